The molecule has 2 aromatic carbocycles. The van der Waals surface area contributed by atoms with Crippen molar-refractivity contribution >= 4 is 23.2 Å². The zero-order valence-corrected chi connectivity index (χ0v) is 16.5. The quantitative estimate of drug-likeness (QED) is 0.439. The highest BCUT2D eigenvalue weighted by Gasteiger charge is 2.31. The number of halogens is 5. The van der Waals surface area contributed by atoms with Crippen LogP contribution in [0.1, 0.15) is 27.8 Å². The predicted molar refractivity (Wildman–Crippen MR) is 101 cm³/mol. The molecule has 3 rings (SSSR count). The van der Waals surface area contributed by atoms with E-state index in [0.29, 0.717) is 37.9 Å². The van der Waals surface area contributed by atoms with Gasteiger partial charge in [0.15, 0.2) is 5.76 Å². The fourth-order valence-corrected chi connectivity index (χ4v) is 3.51. The number of alkyl halides is 3. The first-order valence-electron chi connectivity index (χ1n) is 8.10. The van der Waals surface area contributed by atoms with Crippen molar-refractivity contribution in [3.63, 3.8) is 0 Å². The normalized spacial score (nSPS) is 11.5. The maximum atomic E-state index is 12.8. The molecular weight excluding hydrogens is 412 g/mol. The van der Waals surface area contributed by atoms with Crippen LogP contribution in [0, 0.1) is 32.1 Å². The van der Waals surface area contributed by atoms with E-state index in [0.717, 1.165) is 12.1 Å². The molecule has 144 valence electrons. The van der Waals surface area contributed by atoms with Gasteiger partial charge in [-0.1, -0.05) is 40.5 Å². The summed E-state index contributed by atoms with van der Waals surface area (Å²) in [6.45, 7) is 5.35. The van der Waals surface area contributed by atoms with Crippen LogP contribution in [0.2, 0.25) is 10.0 Å². The lowest BCUT2D eigenvalue weighted by Gasteiger charge is -2.14. The smallest absolute Gasteiger partial charge is 0.354 e. The second-order valence-electron chi connectivity index (χ2n) is 6.30. The third-order valence-electron chi connectivity index (χ3n) is 4.58. The summed E-state index contributed by atoms with van der Waals surface area (Å²) in [5, 5.41) is 14.6. The zero-order chi connectivity index (χ0) is 20.8. The number of benzene rings is 2. The summed E-state index contributed by atoms with van der Waals surface area (Å²) in [4.78, 5) is 0. The molecule has 0 aliphatic rings. The van der Waals surface area contributed by atoms with Gasteiger partial charge in [-0.3, -0.25) is 0 Å². The van der Waals surface area contributed by atoms with Gasteiger partial charge in [-0.2, -0.15) is 18.4 Å². The first-order valence-corrected chi connectivity index (χ1v) is 8.86. The lowest BCUT2D eigenvalue weighted by molar-refractivity contribution is -0.137. The van der Waals surface area contributed by atoms with Gasteiger partial charge < -0.3 is 4.52 Å². The molecule has 0 saturated heterocycles. The van der Waals surface area contributed by atoms with Gasteiger partial charge in [-0.25, -0.2) is 0 Å². The molecule has 0 bridgehead atoms. The highest BCUT2D eigenvalue weighted by Crippen LogP contribution is 2.42. The minimum atomic E-state index is -4.45. The van der Waals surface area contributed by atoms with Crippen molar-refractivity contribution in [2.45, 2.75) is 26.9 Å². The maximum absolute atomic E-state index is 12.8. The van der Waals surface area contributed by atoms with Crippen LogP contribution in [0.15, 0.2) is 28.8 Å². The largest absolute Gasteiger partial charge is 0.416 e. The summed E-state index contributed by atoms with van der Waals surface area (Å²) in [5.41, 5.74) is 2.51. The molecule has 3 nitrogen and oxygen atoms in total. The van der Waals surface area contributed by atoms with Crippen LogP contribution in [0.4, 0.5) is 13.2 Å². The summed E-state index contributed by atoms with van der Waals surface area (Å²) in [6.07, 6.45) is -4.45. The van der Waals surface area contributed by atoms with Gasteiger partial charge in [-0.15, -0.1) is 0 Å². The van der Waals surface area contributed by atoms with Gasteiger partial charge in [0.25, 0.3) is 0 Å². The molecule has 3 aromatic rings. The Labute approximate surface area is 169 Å². The van der Waals surface area contributed by atoms with Gasteiger partial charge in [0.2, 0.25) is 0 Å². The highest BCUT2D eigenvalue weighted by atomic mass is 35.5. The van der Waals surface area contributed by atoms with Gasteiger partial charge >= 0.3 is 6.18 Å². The van der Waals surface area contributed by atoms with Gasteiger partial charge in [0.1, 0.15) is 17.3 Å². The molecule has 0 atom stereocenters. The Morgan fingerprint density at radius 1 is 0.964 bits per heavy atom. The molecule has 0 aliphatic carbocycles. The van der Waals surface area contributed by atoms with Crippen molar-refractivity contribution in [1.29, 1.82) is 5.26 Å². The van der Waals surface area contributed by atoms with Crippen molar-refractivity contribution in [3.8, 4) is 28.7 Å². The van der Waals surface area contributed by atoms with E-state index < -0.39 is 11.7 Å². The van der Waals surface area contributed by atoms with Crippen LogP contribution in [0.25, 0.3) is 22.6 Å². The summed E-state index contributed by atoms with van der Waals surface area (Å²) in [5.74, 6) is 0.0813. The number of hydrogen-bond acceptors (Lipinski definition) is 3. The van der Waals surface area contributed by atoms with E-state index in [4.69, 9.17) is 27.7 Å². The first-order chi connectivity index (χ1) is 13.1. The summed E-state index contributed by atoms with van der Waals surface area (Å²) < 4.78 is 43.7. The SMILES string of the molecule is Cc1c(Cl)c(C)c(-c2noc(-c3ccc(C(F)(F)F)cc3)c2C#N)c(C)c1Cl. The Morgan fingerprint density at radius 3 is 1.96 bits per heavy atom. The number of hydrogen-bond donors (Lipinski definition) is 0. The molecule has 8 heteroatoms. The van der Waals surface area contributed by atoms with Crippen LogP contribution in [-0.4, -0.2) is 5.16 Å². The standard InChI is InChI=1S/C20H13Cl2F3N2O/c1-9-15(10(2)17(22)11(3)16(9)21)18-14(8-26)19(28-27-18)12-4-6-13(7-5-12)20(23,24)25/h4-7H,1-3H3. The molecular formula is C20H13Cl2F3N2O. The van der Waals surface area contributed by atoms with Gasteiger partial charge in [0, 0.05) is 21.2 Å². The van der Waals surface area contributed by atoms with Gasteiger partial charge in [0.05, 0.1) is 5.56 Å². The number of rotatable bonds is 2. The average Bonchev–Trinajstić information content (AvgIpc) is 3.08. The molecule has 0 fully saturated rings. The Balaban J connectivity index is 2.19. The lowest BCUT2D eigenvalue weighted by atomic mass is 9.94. The summed E-state index contributed by atoms with van der Waals surface area (Å²) in [7, 11) is 0. The third kappa shape index (κ3) is 3.25. The Morgan fingerprint density at radius 2 is 1.50 bits per heavy atom. The van der Waals surface area contributed by atoms with Crippen LogP contribution in [0.5, 0.6) is 0 Å². The third-order valence-corrected chi connectivity index (χ3v) is 5.72. The first kappa shape index (κ1) is 20.2. The Hall–Kier alpha value is -2.49. The highest BCUT2D eigenvalue weighted by molar-refractivity contribution is 6.37. The van der Waals surface area contributed by atoms with E-state index in [-0.39, 0.29) is 17.0 Å². The maximum Gasteiger partial charge on any atom is 0.416 e. The molecule has 0 amide bonds. The van der Waals surface area contributed by atoms with E-state index in [1.165, 1.54) is 12.1 Å². The van der Waals surface area contributed by atoms with Crippen LogP contribution in [-0.2, 0) is 6.18 Å². The van der Waals surface area contributed by atoms with Crippen molar-refractivity contribution in [2.75, 3.05) is 0 Å². The van der Waals surface area contributed by atoms with E-state index in [1.54, 1.807) is 20.8 Å². The number of nitriles is 1. The fraction of sp³-hybridized carbons (Fsp3) is 0.200. The Kier molecular flexibility index (Phi) is 5.18. The van der Waals surface area contributed by atoms with Crippen molar-refractivity contribution in [2.24, 2.45) is 0 Å². The van der Waals surface area contributed by atoms with Gasteiger partial charge in [-0.05, 0) is 49.6 Å². The molecule has 0 N–H and O–H groups in total. The molecule has 0 radical (unpaired) electrons. The van der Waals surface area contributed by atoms with E-state index in [2.05, 4.69) is 5.16 Å². The zero-order valence-electron chi connectivity index (χ0n) is 15.0. The molecule has 0 aliphatic heterocycles. The minimum absolute atomic E-state index is 0.0813. The Bertz CT molecular complexity index is 1080. The van der Waals surface area contributed by atoms with Crippen LogP contribution in [0.3, 0.4) is 0 Å². The van der Waals surface area contributed by atoms with E-state index >= 15 is 0 Å². The predicted octanol–water partition coefficient (Wildman–Crippen LogP) is 7.13. The van der Waals surface area contributed by atoms with E-state index in [1.807, 2.05) is 6.07 Å². The van der Waals surface area contributed by atoms with Crippen LogP contribution < -0.4 is 0 Å². The van der Waals surface area contributed by atoms with Crippen molar-refractivity contribution in [1.82, 2.24) is 5.16 Å². The number of aromatic nitrogens is 1. The molecule has 0 saturated carbocycles. The monoisotopic (exact) mass is 424 g/mol. The average molecular weight is 425 g/mol. The second kappa shape index (κ2) is 7.16. The van der Waals surface area contributed by atoms with E-state index in [9.17, 15) is 18.4 Å². The molecule has 1 aromatic heterocycles. The lowest BCUT2D eigenvalue weighted by Crippen LogP contribution is -2.04. The minimum Gasteiger partial charge on any atom is -0.354 e. The second-order valence-corrected chi connectivity index (χ2v) is 7.06. The molecule has 0 unspecified atom stereocenters. The molecule has 1 heterocycles. The van der Waals surface area contributed by atoms with Crippen molar-refractivity contribution in [3.05, 3.63) is 62.1 Å². The van der Waals surface area contributed by atoms with Crippen LogP contribution >= 0.6 is 23.2 Å². The van der Waals surface area contributed by atoms with Crippen molar-refractivity contribution < 1.29 is 17.7 Å². The molecule has 0 spiro atoms. The fourth-order valence-electron chi connectivity index (χ4n) is 3.09. The topological polar surface area (TPSA) is 49.8 Å². The number of nitrogens with zero attached hydrogens (tertiary/aromatic N) is 2. The summed E-state index contributed by atoms with van der Waals surface area (Å²) in [6, 6.07) is 6.36. The summed E-state index contributed by atoms with van der Waals surface area (Å²) >= 11 is 12.7. The molecule has 28 heavy (non-hydrogen) atoms.